The Morgan fingerprint density at radius 3 is 2.23 bits per heavy atom. The second-order valence-electron chi connectivity index (χ2n) is 2.78. The zero-order chi connectivity index (χ0) is 10.5. The standard InChI is InChI=1S/C9H13F3O/c1-3-5-8(13)7(4-2)6-9(10,11)12/h4H,3,5-6H2,1-2H3. The number of ketones is 1. The molecule has 4 heteroatoms. The molecule has 0 amide bonds. The third kappa shape index (κ3) is 5.44. The summed E-state index contributed by atoms with van der Waals surface area (Å²) in [5.41, 5.74) is -0.130. The Labute approximate surface area is 75.6 Å². The van der Waals surface area contributed by atoms with Crippen molar-refractivity contribution >= 4 is 5.78 Å². The van der Waals surface area contributed by atoms with E-state index < -0.39 is 18.4 Å². The molecule has 0 aromatic heterocycles. The summed E-state index contributed by atoms with van der Waals surface area (Å²) in [7, 11) is 0. The second kappa shape index (κ2) is 5.04. The minimum absolute atomic E-state index is 0.130. The molecule has 0 unspecified atom stereocenters. The van der Waals surface area contributed by atoms with Crippen molar-refractivity contribution in [3.8, 4) is 0 Å². The molecule has 0 aromatic rings. The van der Waals surface area contributed by atoms with E-state index in [2.05, 4.69) is 0 Å². The first-order valence-electron chi connectivity index (χ1n) is 4.15. The topological polar surface area (TPSA) is 17.1 Å². The normalized spacial score (nSPS) is 13.2. The smallest absolute Gasteiger partial charge is 0.295 e. The SMILES string of the molecule is CC=C(CC(F)(F)F)C(=O)CCC. The highest BCUT2D eigenvalue weighted by molar-refractivity contribution is 5.95. The summed E-state index contributed by atoms with van der Waals surface area (Å²) in [4.78, 5) is 11.1. The maximum atomic E-state index is 11.9. The van der Waals surface area contributed by atoms with Crippen molar-refractivity contribution in [1.29, 1.82) is 0 Å². The molecule has 76 valence electrons. The van der Waals surface area contributed by atoms with Crippen LogP contribution in [0.5, 0.6) is 0 Å². The fourth-order valence-electron chi connectivity index (χ4n) is 0.965. The van der Waals surface area contributed by atoms with Crippen LogP contribution in [0, 0.1) is 0 Å². The number of Topliss-reactive ketones (excluding diaryl/α,β-unsaturated/α-hetero) is 1. The van der Waals surface area contributed by atoms with Gasteiger partial charge in [-0.15, -0.1) is 0 Å². The number of carbonyl (C=O) groups excluding carboxylic acids is 1. The number of alkyl halides is 3. The van der Waals surface area contributed by atoms with Gasteiger partial charge in [0.1, 0.15) is 0 Å². The van der Waals surface area contributed by atoms with Crippen LogP contribution in [0.4, 0.5) is 13.2 Å². The molecule has 1 nitrogen and oxygen atoms in total. The lowest BCUT2D eigenvalue weighted by Crippen LogP contribution is -2.13. The fourth-order valence-corrected chi connectivity index (χ4v) is 0.965. The summed E-state index contributed by atoms with van der Waals surface area (Å²) in [5.74, 6) is -0.401. The van der Waals surface area contributed by atoms with Gasteiger partial charge in [0.15, 0.2) is 5.78 Å². The summed E-state index contributed by atoms with van der Waals surface area (Å²) < 4.78 is 35.7. The quantitative estimate of drug-likeness (QED) is 0.628. The summed E-state index contributed by atoms with van der Waals surface area (Å²) in [5, 5.41) is 0. The molecule has 0 saturated heterocycles. The van der Waals surface area contributed by atoms with Gasteiger partial charge in [-0.1, -0.05) is 13.0 Å². The van der Waals surface area contributed by atoms with Gasteiger partial charge in [0.2, 0.25) is 0 Å². The number of rotatable bonds is 4. The van der Waals surface area contributed by atoms with E-state index in [0.717, 1.165) is 0 Å². The van der Waals surface area contributed by atoms with Gasteiger partial charge >= 0.3 is 6.18 Å². The average molecular weight is 194 g/mol. The first kappa shape index (κ1) is 12.2. The van der Waals surface area contributed by atoms with E-state index in [1.807, 2.05) is 0 Å². The van der Waals surface area contributed by atoms with Gasteiger partial charge in [0.25, 0.3) is 0 Å². The lowest BCUT2D eigenvalue weighted by molar-refractivity contribution is -0.133. The van der Waals surface area contributed by atoms with Gasteiger partial charge in [-0.3, -0.25) is 4.79 Å². The van der Waals surface area contributed by atoms with Crippen molar-refractivity contribution < 1.29 is 18.0 Å². The molecular weight excluding hydrogens is 181 g/mol. The van der Waals surface area contributed by atoms with Gasteiger partial charge in [0.05, 0.1) is 6.42 Å². The predicted octanol–water partition coefficient (Wildman–Crippen LogP) is 3.25. The Kier molecular flexibility index (Phi) is 4.73. The fraction of sp³-hybridized carbons (Fsp3) is 0.667. The zero-order valence-corrected chi connectivity index (χ0v) is 7.74. The van der Waals surface area contributed by atoms with Gasteiger partial charge in [-0.2, -0.15) is 13.2 Å². The average Bonchev–Trinajstić information content (AvgIpc) is 1.99. The molecule has 0 atom stereocenters. The summed E-state index contributed by atoms with van der Waals surface area (Å²) in [6.07, 6.45) is -3.39. The Balaban J connectivity index is 4.29. The number of carbonyl (C=O) groups is 1. The van der Waals surface area contributed by atoms with Gasteiger partial charge in [-0.05, 0) is 18.9 Å². The van der Waals surface area contributed by atoms with E-state index in [-0.39, 0.29) is 12.0 Å². The Morgan fingerprint density at radius 1 is 1.38 bits per heavy atom. The molecule has 0 heterocycles. The highest BCUT2D eigenvalue weighted by Gasteiger charge is 2.30. The van der Waals surface area contributed by atoms with Crippen LogP contribution < -0.4 is 0 Å². The molecule has 0 N–H and O–H groups in total. The molecule has 0 aliphatic carbocycles. The van der Waals surface area contributed by atoms with E-state index >= 15 is 0 Å². The maximum Gasteiger partial charge on any atom is 0.393 e. The monoisotopic (exact) mass is 194 g/mol. The minimum Gasteiger partial charge on any atom is -0.295 e. The van der Waals surface area contributed by atoms with E-state index in [0.29, 0.717) is 6.42 Å². The third-order valence-corrected chi connectivity index (χ3v) is 1.57. The van der Waals surface area contributed by atoms with Crippen LogP contribution in [0.15, 0.2) is 11.6 Å². The first-order chi connectivity index (χ1) is 5.90. The molecule has 0 saturated carbocycles. The Hall–Kier alpha value is -0.800. The largest absolute Gasteiger partial charge is 0.393 e. The number of halogens is 3. The summed E-state index contributed by atoms with van der Waals surface area (Å²) >= 11 is 0. The van der Waals surface area contributed by atoms with Crippen LogP contribution in [0.1, 0.15) is 33.1 Å². The van der Waals surface area contributed by atoms with Crippen LogP contribution >= 0.6 is 0 Å². The maximum absolute atomic E-state index is 11.9. The van der Waals surface area contributed by atoms with E-state index in [1.54, 1.807) is 6.92 Å². The second-order valence-corrected chi connectivity index (χ2v) is 2.78. The van der Waals surface area contributed by atoms with Crippen molar-refractivity contribution in [2.75, 3.05) is 0 Å². The van der Waals surface area contributed by atoms with E-state index in [4.69, 9.17) is 0 Å². The molecule has 0 aliphatic rings. The number of hydrogen-bond acceptors (Lipinski definition) is 1. The van der Waals surface area contributed by atoms with Crippen molar-refractivity contribution in [2.45, 2.75) is 39.3 Å². The zero-order valence-electron chi connectivity index (χ0n) is 7.74. The highest BCUT2D eigenvalue weighted by Crippen LogP contribution is 2.25. The van der Waals surface area contributed by atoms with Crippen LogP contribution in [-0.2, 0) is 4.79 Å². The van der Waals surface area contributed by atoms with Gasteiger partial charge < -0.3 is 0 Å². The van der Waals surface area contributed by atoms with Gasteiger partial charge in [0, 0.05) is 6.42 Å². The van der Waals surface area contributed by atoms with Crippen molar-refractivity contribution in [2.24, 2.45) is 0 Å². The molecule has 0 aromatic carbocycles. The minimum atomic E-state index is -4.29. The molecule has 0 fully saturated rings. The first-order valence-corrected chi connectivity index (χ1v) is 4.15. The van der Waals surface area contributed by atoms with E-state index in [1.165, 1.54) is 13.0 Å². The molecular formula is C9H13F3O. The lowest BCUT2D eigenvalue weighted by atomic mass is 10.0. The third-order valence-electron chi connectivity index (χ3n) is 1.57. The van der Waals surface area contributed by atoms with Crippen LogP contribution in [0.3, 0.4) is 0 Å². The highest BCUT2D eigenvalue weighted by atomic mass is 19.4. The predicted molar refractivity (Wildman–Crippen MR) is 44.3 cm³/mol. The van der Waals surface area contributed by atoms with Crippen LogP contribution in [0.25, 0.3) is 0 Å². The molecule has 0 aliphatic heterocycles. The summed E-state index contributed by atoms with van der Waals surface area (Å²) in [6.45, 7) is 3.22. The lowest BCUT2D eigenvalue weighted by Gasteiger charge is -2.08. The Bertz CT molecular complexity index is 203. The van der Waals surface area contributed by atoms with Gasteiger partial charge in [-0.25, -0.2) is 0 Å². The molecule has 0 bridgehead atoms. The number of allylic oxidation sites excluding steroid dienone is 2. The van der Waals surface area contributed by atoms with E-state index in [9.17, 15) is 18.0 Å². The Morgan fingerprint density at radius 2 is 1.92 bits per heavy atom. The van der Waals surface area contributed by atoms with Crippen molar-refractivity contribution in [3.63, 3.8) is 0 Å². The van der Waals surface area contributed by atoms with Crippen molar-refractivity contribution in [3.05, 3.63) is 11.6 Å². The molecule has 0 rings (SSSR count). The summed E-state index contributed by atoms with van der Waals surface area (Å²) in [6, 6.07) is 0. The molecule has 0 radical (unpaired) electrons. The molecule has 13 heavy (non-hydrogen) atoms. The van der Waals surface area contributed by atoms with Crippen LogP contribution in [0.2, 0.25) is 0 Å². The van der Waals surface area contributed by atoms with Crippen LogP contribution in [-0.4, -0.2) is 12.0 Å². The van der Waals surface area contributed by atoms with Crippen molar-refractivity contribution in [1.82, 2.24) is 0 Å². The number of hydrogen-bond donors (Lipinski definition) is 0. The molecule has 0 spiro atoms.